The maximum Gasteiger partial charge on any atom is 0.213 e. The molecular formula is C9H13NO2. The second-order valence-corrected chi connectivity index (χ2v) is 3.57. The Morgan fingerprint density at radius 2 is 2.00 bits per heavy atom. The Labute approximate surface area is 72.0 Å². The molecular weight excluding hydrogens is 154 g/mol. The monoisotopic (exact) mass is 167 g/mol. The maximum absolute atomic E-state index is 8.94. The standard InChI is InChI=1S/C9H13NO2/c1-9(2,3)12-8-5-4-7(11)6-10-8/h4-6,11H,1-3H3. The summed E-state index contributed by atoms with van der Waals surface area (Å²) in [6.45, 7) is 5.84. The molecule has 0 aliphatic heterocycles. The largest absolute Gasteiger partial charge is 0.506 e. The molecule has 1 N–H and O–H groups in total. The van der Waals surface area contributed by atoms with E-state index < -0.39 is 0 Å². The van der Waals surface area contributed by atoms with Crippen LogP contribution in [0.15, 0.2) is 18.3 Å². The molecule has 0 aromatic carbocycles. The van der Waals surface area contributed by atoms with E-state index in [0.717, 1.165) is 0 Å². The molecule has 0 spiro atoms. The molecule has 1 aromatic rings. The van der Waals surface area contributed by atoms with Gasteiger partial charge in [0.1, 0.15) is 11.4 Å². The maximum atomic E-state index is 8.94. The van der Waals surface area contributed by atoms with Gasteiger partial charge in [-0.1, -0.05) is 0 Å². The van der Waals surface area contributed by atoms with E-state index in [2.05, 4.69) is 4.98 Å². The number of hydrogen-bond acceptors (Lipinski definition) is 3. The topological polar surface area (TPSA) is 42.4 Å². The minimum atomic E-state index is -0.246. The van der Waals surface area contributed by atoms with Crippen LogP contribution in [0.2, 0.25) is 0 Å². The molecule has 1 aromatic heterocycles. The number of rotatable bonds is 1. The zero-order valence-electron chi connectivity index (χ0n) is 7.53. The molecule has 0 fully saturated rings. The molecule has 3 nitrogen and oxygen atoms in total. The van der Waals surface area contributed by atoms with Gasteiger partial charge in [0.05, 0.1) is 6.20 Å². The van der Waals surface area contributed by atoms with E-state index in [9.17, 15) is 0 Å². The highest BCUT2D eigenvalue weighted by Gasteiger charge is 2.11. The predicted octanol–water partition coefficient (Wildman–Crippen LogP) is 1.96. The van der Waals surface area contributed by atoms with Gasteiger partial charge >= 0.3 is 0 Å². The lowest BCUT2D eigenvalue weighted by Crippen LogP contribution is -2.23. The van der Waals surface area contributed by atoms with E-state index in [1.54, 1.807) is 12.1 Å². The van der Waals surface area contributed by atoms with Crippen molar-refractivity contribution >= 4 is 0 Å². The Balaban J connectivity index is 2.71. The third-order valence-electron chi connectivity index (χ3n) is 1.13. The molecule has 0 aliphatic rings. The fourth-order valence-electron chi connectivity index (χ4n) is 0.747. The van der Waals surface area contributed by atoms with Crippen LogP contribution in [0.4, 0.5) is 0 Å². The van der Waals surface area contributed by atoms with E-state index in [-0.39, 0.29) is 11.4 Å². The Bertz CT molecular complexity index is 248. The van der Waals surface area contributed by atoms with Gasteiger partial charge in [-0.3, -0.25) is 0 Å². The number of hydrogen-bond donors (Lipinski definition) is 1. The van der Waals surface area contributed by atoms with Crippen molar-refractivity contribution in [2.45, 2.75) is 26.4 Å². The van der Waals surface area contributed by atoms with E-state index in [4.69, 9.17) is 9.84 Å². The van der Waals surface area contributed by atoms with E-state index in [0.29, 0.717) is 5.88 Å². The Kier molecular flexibility index (Phi) is 2.22. The van der Waals surface area contributed by atoms with Crippen LogP contribution in [0.3, 0.4) is 0 Å². The summed E-state index contributed by atoms with van der Waals surface area (Å²) < 4.78 is 5.43. The quantitative estimate of drug-likeness (QED) is 0.695. The summed E-state index contributed by atoms with van der Waals surface area (Å²) in [4.78, 5) is 3.89. The van der Waals surface area contributed by atoms with Gasteiger partial charge in [-0.05, 0) is 26.8 Å². The van der Waals surface area contributed by atoms with Crippen molar-refractivity contribution in [3.8, 4) is 11.6 Å². The van der Waals surface area contributed by atoms with Crippen LogP contribution in [0.1, 0.15) is 20.8 Å². The fourth-order valence-corrected chi connectivity index (χ4v) is 0.747. The lowest BCUT2D eigenvalue weighted by molar-refractivity contribution is 0.124. The number of aromatic hydroxyl groups is 1. The lowest BCUT2D eigenvalue weighted by atomic mass is 10.2. The van der Waals surface area contributed by atoms with Crippen molar-refractivity contribution in [1.29, 1.82) is 0 Å². The zero-order valence-corrected chi connectivity index (χ0v) is 7.53. The van der Waals surface area contributed by atoms with Crippen LogP contribution < -0.4 is 4.74 Å². The van der Waals surface area contributed by atoms with Crippen molar-refractivity contribution in [2.24, 2.45) is 0 Å². The van der Waals surface area contributed by atoms with E-state index >= 15 is 0 Å². The highest BCUT2D eigenvalue weighted by molar-refractivity contribution is 5.21. The van der Waals surface area contributed by atoms with Crippen LogP contribution >= 0.6 is 0 Å². The molecule has 0 amide bonds. The molecule has 66 valence electrons. The average molecular weight is 167 g/mol. The first-order valence-electron chi connectivity index (χ1n) is 3.81. The second-order valence-electron chi connectivity index (χ2n) is 3.57. The van der Waals surface area contributed by atoms with Crippen molar-refractivity contribution in [3.05, 3.63) is 18.3 Å². The molecule has 0 atom stereocenters. The van der Waals surface area contributed by atoms with Gasteiger partial charge < -0.3 is 9.84 Å². The van der Waals surface area contributed by atoms with Crippen molar-refractivity contribution in [3.63, 3.8) is 0 Å². The minimum absolute atomic E-state index is 0.149. The average Bonchev–Trinajstić information content (AvgIpc) is 1.91. The molecule has 0 radical (unpaired) electrons. The fraction of sp³-hybridized carbons (Fsp3) is 0.444. The molecule has 0 bridgehead atoms. The van der Waals surface area contributed by atoms with Gasteiger partial charge in [-0.25, -0.2) is 4.98 Å². The van der Waals surface area contributed by atoms with Crippen LogP contribution in [-0.2, 0) is 0 Å². The Hall–Kier alpha value is -1.25. The van der Waals surface area contributed by atoms with Gasteiger partial charge in [0.15, 0.2) is 0 Å². The van der Waals surface area contributed by atoms with Crippen molar-refractivity contribution < 1.29 is 9.84 Å². The van der Waals surface area contributed by atoms with E-state index in [1.807, 2.05) is 20.8 Å². The summed E-state index contributed by atoms with van der Waals surface area (Å²) in [5, 5.41) is 8.94. The molecule has 0 saturated carbocycles. The third kappa shape index (κ3) is 2.78. The summed E-state index contributed by atoms with van der Waals surface area (Å²) in [5.41, 5.74) is -0.246. The van der Waals surface area contributed by atoms with Gasteiger partial charge in [-0.2, -0.15) is 0 Å². The van der Waals surface area contributed by atoms with Gasteiger partial charge in [0.2, 0.25) is 5.88 Å². The highest BCUT2D eigenvalue weighted by Crippen LogP contribution is 2.16. The molecule has 12 heavy (non-hydrogen) atoms. The Morgan fingerprint density at radius 3 is 2.42 bits per heavy atom. The number of pyridine rings is 1. The Morgan fingerprint density at radius 1 is 1.33 bits per heavy atom. The second kappa shape index (κ2) is 3.01. The normalized spacial score (nSPS) is 11.2. The van der Waals surface area contributed by atoms with Crippen molar-refractivity contribution in [2.75, 3.05) is 0 Å². The van der Waals surface area contributed by atoms with Gasteiger partial charge in [-0.15, -0.1) is 0 Å². The summed E-state index contributed by atoms with van der Waals surface area (Å²) in [6.07, 6.45) is 1.36. The molecule has 1 rings (SSSR count). The number of aromatic nitrogens is 1. The third-order valence-corrected chi connectivity index (χ3v) is 1.13. The van der Waals surface area contributed by atoms with Gasteiger partial charge in [0, 0.05) is 6.07 Å². The first kappa shape index (κ1) is 8.84. The van der Waals surface area contributed by atoms with Crippen LogP contribution in [0.5, 0.6) is 11.6 Å². The van der Waals surface area contributed by atoms with Crippen LogP contribution in [0.25, 0.3) is 0 Å². The summed E-state index contributed by atoms with van der Waals surface area (Å²) >= 11 is 0. The summed E-state index contributed by atoms with van der Waals surface area (Å²) in [5.74, 6) is 0.677. The van der Waals surface area contributed by atoms with Crippen LogP contribution in [-0.4, -0.2) is 15.7 Å². The summed E-state index contributed by atoms with van der Waals surface area (Å²) in [6, 6.07) is 3.19. The SMILES string of the molecule is CC(C)(C)Oc1ccc(O)cn1. The molecule has 1 heterocycles. The molecule has 0 saturated heterocycles. The van der Waals surface area contributed by atoms with Gasteiger partial charge in [0.25, 0.3) is 0 Å². The zero-order chi connectivity index (χ0) is 9.19. The molecule has 0 aliphatic carbocycles. The highest BCUT2D eigenvalue weighted by atomic mass is 16.5. The smallest absolute Gasteiger partial charge is 0.213 e. The van der Waals surface area contributed by atoms with Crippen molar-refractivity contribution in [1.82, 2.24) is 4.98 Å². The predicted molar refractivity (Wildman–Crippen MR) is 46.3 cm³/mol. The first-order valence-corrected chi connectivity index (χ1v) is 3.81. The molecule has 0 unspecified atom stereocenters. The number of ether oxygens (including phenoxy) is 1. The lowest BCUT2D eigenvalue weighted by Gasteiger charge is -2.19. The molecule has 3 heteroatoms. The van der Waals surface area contributed by atoms with Crippen LogP contribution in [0, 0.1) is 0 Å². The first-order chi connectivity index (χ1) is 5.47. The van der Waals surface area contributed by atoms with E-state index in [1.165, 1.54) is 6.20 Å². The minimum Gasteiger partial charge on any atom is -0.506 e. The number of nitrogens with zero attached hydrogens (tertiary/aromatic N) is 1. The summed E-state index contributed by atoms with van der Waals surface area (Å²) in [7, 11) is 0.